The van der Waals surface area contributed by atoms with Crippen LogP contribution in [0.5, 0.6) is 0 Å². The number of hydrogen-bond donors (Lipinski definition) is 0. The van der Waals surface area contributed by atoms with Crippen molar-refractivity contribution in [2.75, 3.05) is 7.11 Å². The zero-order valence-electron chi connectivity index (χ0n) is 9.77. The number of carbonyl (C=O) groups is 3. The predicted molar refractivity (Wildman–Crippen MR) is 53.5 cm³/mol. The van der Waals surface area contributed by atoms with Crippen molar-refractivity contribution >= 4 is 18.0 Å². The number of hydrogen-bond acceptors (Lipinski definition) is 5. The number of amides is 2. The lowest BCUT2D eigenvalue weighted by atomic mass is 10.0. The minimum atomic E-state index is -0.840. The minimum Gasteiger partial charge on any atom is -0.467 e. The van der Waals surface area contributed by atoms with Gasteiger partial charge in [0.25, 0.3) is 0 Å². The van der Waals surface area contributed by atoms with Crippen LogP contribution in [0.3, 0.4) is 0 Å². The molecule has 1 aliphatic heterocycles. The van der Waals surface area contributed by atoms with Crippen molar-refractivity contribution in [1.29, 1.82) is 0 Å². The molecule has 0 N–H and O–H groups in total. The van der Waals surface area contributed by atoms with Gasteiger partial charge in [-0.25, -0.2) is 14.5 Å². The first kappa shape index (κ1) is 12.5. The van der Waals surface area contributed by atoms with E-state index in [-0.39, 0.29) is 6.42 Å². The van der Waals surface area contributed by atoms with Gasteiger partial charge in [0.15, 0.2) is 0 Å². The van der Waals surface area contributed by atoms with Crippen molar-refractivity contribution in [1.82, 2.24) is 4.90 Å². The van der Waals surface area contributed by atoms with Crippen LogP contribution in [0.25, 0.3) is 0 Å². The van der Waals surface area contributed by atoms with Gasteiger partial charge in [-0.05, 0) is 20.8 Å². The van der Waals surface area contributed by atoms with Crippen LogP contribution in [0.2, 0.25) is 0 Å². The summed E-state index contributed by atoms with van der Waals surface area (Å²) in [5.74, 6) is -1.03. The first-order valence-corrected chi connectivity index (χ1v) is 4.89. The zero-order chi connectivity index (χ0) is 12.5. The van der Waals surface area contributed by atoms with E-state index in [9.17, 15) is 14.4 Å². The van der Waals surface area contributed by atoms with Crippen LogP contribution in [0.15, 0.2) is 0 Å². The Labute approximate surface area is 93.5 Å². The summed E-state index contributed by atoms with van der Waals surface area (Å²) in [5.41, 5.74) is -0.701. The molecule has 0 saturated carbocycles. The summed E-state index contributed by atoms with van der Waals surface area (Å²) < 4.78 is 9.47. The molecule has 1 atom stereocenters. The van der Waals surface area contributed by atoms with Gasteiger partial charge in [0.1, 0.15) is 11.6 Å². The minimum absolute atomic E-state index is 0.00802. The monoisotopic (exact) mass is 229 g/mol. The van der Waals surface area contributed by atoms with Crippen LogP contribution in [-0.4, -0.2) is 41.6 Å². The fourth-order valence-electron chi connectivity index (χ4n) is 1.28. The van der Waals surface area contributed by atoms with E-state index in [1.165, 1.54) is 7.11 Å². The summed E-state index contributed by atoms with van der Waals surface area (Å²) in [6.45, 7) is 5.05. The Hall–Kier alpha value is -1.59. The largest absolute Gasteiger partial charge is 0.467 e. The Morgan fingerprint density at radius 1 is 1.38 bits per heavy atom. The van der Waals surface area contributed by atoms with E-state index in [2.05, 4.69) is 4.74 Å². The molecule has 6 heteroatoms. The Morgan fingerprint density at radius 3 is 2.31 bits per heavy atom. The summed E-state index contributed by atoms with van der Waals surface area (Å²) in [7, 11) is 1.21. The molecular formula is C10H15NO5. The average molecular weight is 229 g/mol. The molecular weight excluding hydrogens is 214 g/mol. The van der Waals surface area contributed by atoms with E-state index < -0.39 is 29.6 Å². The average Bonchev–Trinajstić information content (AvgIpc) is 2.09. The summed E-state index contributed by atoms with van der Waals surface area (Å²) in [4.78, 5) is 34.7. The van der Waals surface area contributed by atoms with Gasteiger partial charge in [-0.3, -0.25) is 4.79 Å². The third kappa shape index (κ3) is 2.50. The fraction of sp³-hybridized carbons (Fsp3) is 0.700. The van der Waals surface area contributed by atoms with E-state index in [4.69, 9.17) is 4.74 Å². The van der Waals surface area contributed by atoms with Gasteiger partial charge in [-0.1, -0.05) is 0 Å². The van der Waals surface area contributed by atoms with Crippen molar-refractivity contribution in [3.63, 3.8) is 0 Å². The highest BCUT2D eigenvalue weighted by molar-refractivity contribution is 6.04. The predicted octanol–water partition coefficient (Wildman–Crippen LogP) is 0.695. The van der Waals surface area contributed by atoms with Crippen molar-refractivity contribution < 1.29 is 23.9 Å². The number of carbonyl (C=O) groups excluding carboxylic acids is 3. The molecule has 0 aliphatic carbocycles. The summed E-state index contributed by atoms with van der Waals surface area (Å²) in [6.07, 6.45) is -0.814. The van der Waals surface area contributed by atoms with Crippen LogP contribution in [0, 0.1) is 0 Å². The lowest BCUT2D eigenvalue weighted by Crippen LogP contribution is -2.60. The molecule has 1 rings (SSSR count). The number of methoxy groups -OCH3 is 1. The van der Waals surface area contributed by atoms with Crippen molar-refractivity contribution in [3.8, 4) is 0 Å². The first-order valence-electron chi connectivity index (χ1n) is 4.89. The molecule has 1 heterocycles. The van der Waals surface area contributed by atoms with Crippen LogP contribution < -0.4 is 0 Å². The Kier molecular flexibility index (Phi) is 3.21. The molecule has 0 bridgehead atoms. The van der Waals surface area contributed by atoms with E-state index in [0.717, 1.165) is 4.90 Å². The van der Waals surface area contributed by atoms with Crippen LogP contribution >= 0.6 is 0 Å². The molecule has 16 heavy (non-hydrogen) atoms. The summed E-state index contributed by atoms with van der Waals surface area (Å²) in [5, 5.41) is 0. The number of β-lactam (4-membered cyclic amide) rings is 1. The first-order chi connectivity index (χ1) is 7.26. The molecule has 0 spiro atoms. The molecule has 1 aliphatic rings. The topological polar surface area (TPSA) is 72.9 Å². The van der Waals surface area contributed by atoms with Crippen LogP contribution in [0.1, 0.15) is 27.2 Å². The number of esters is 1. The third-order valence-electron chi connectivity index (χ3n) is 2.01. The number of rotatable bonds is 1. The second-order valence-electron chi connectivity index (χ2n) is 4.49. The Bertz CT molecular complexity index is 331. The maximum absolute atomic E-state index is 11.6. The zero-order valence-corrected chi connectivity index (χ0v) is 9.77. The third-order valence-corrected chi connectivity index (χ3v) is 2.01. The molecule has 6 nitrogen and oxygen atoms in total. The second kappa shape index (κ2) is 4.11. The van der Waals surface area contributed by atoms with Gasteiger partial charge < -0.3 is 9.47 Å². The summed E-state index contributed by atoms with van der Waals surface area (Å²) >= 11 is 0. The van der Waals surface area contributed by atoms with E-state index >= 15 is 0 Å². The number of nitrogens with zero attached hydrogens (tertiary/aromatic N) is 1. The molecule has 90 valence electrons. The van der Waals surface area contributed by atoms with Crippen molar-refractivity contribution in [3.05, 3.63) is 0 Å². The van der Waals surface area contributed by atoms with Gasteiger partial charge in [-0.2, -0.15) is 0 Å². The van der Waals surface area contributed by atoms with Crippen LogP contribution in [-0.2, 0) is 19.1 Å². The highest BCUT2D eigenvalue weighted by Crippen LogP contribution is 2.23. The quantitative estimate of drug-likeness (QED) is 0.488. The van der Waals surface area contributed by atoms with Gasteiger partial charge in [-0.15, -0.1) is 0 Å². The number of ether oxygens (including phenoxy) is 2. The van der Waals surface area contributed by atoms with Gasteiger partial charge in [0.2, 0.25) is 5.91 Å². The van der Waals surface area contributed by atoms with Gasteiger partial charge in [0, 0.05) is 0 Å². The van der Waals surface area contributed by atoms with Crippen molar-refractivity contribution in [2.24, 2.45) is 0 Å². The Morgan fingerprint density at radius 2 is 1.94 bits per heavy atom. The molecule has 0 aromatic carbocycles. The maximum Gasteiger partial charge on any atom is 0.417 e. The molecule has 1 fully saturated rings. The van der Waals surface area contributed by atoms with E-state index in [1.807, 2.05) is 0 Å². The molecule has 0 aromatic heterocycles. The SMILES string of the molecule is COC(=O)C1CC(=O)N1C(=O)OC(C)(C)C. The fourth-order valence-corrected chi connectivity index (χ4v) is 1.28. The van der Waals surface area contributed by atoms with Gasteiger partial charge >= 0.3 is 12.1 Å². The standard InChI is InChI=1S/C10H15NO5/c1-10(2,3)16-9(14)11-6(5-7(11)12)8(13)15-4/h6H,5H2,1-4H3. The molecule has 1 unspecified atom stereocenters. The maximum atomic E-state index is 11.6. The molecule has 0 aromatic rings. The van der Waals surface area contributed by atoms with Gasteiger partial charge in [0.05, 0.1) is 13.5 Å². The molecule has 0 radical (unpaired) electrons. The highest BCUT2D eigenvalue weighted by Gasteiger charge is 2.47. The van der Waals surface area contributed by atoms with E-state index in [0.29, 0.717) is 0 Å². The Balaban J connectivity index is 2.68. The number of imide groups is 1. The van der Waals surface area contributed by atoms with Crippen LogP contribution in [0.4, 0.5) is 4.79 Å². The number of likely N-dealkylation sites (tertiary alicyclic amines) is 1. The summed E-state index contributed by atoms with van der Waals surface area (Å²) in [6, 6.07) is -0.840. The second-order valence-corrected chi connectivity index (χ2v) is 4.49. The smallest absolute Gasteiger partial charge is 0.417 e. The lowest BCUT2D eigenvalue weighted by Gasteiger charge is -2.36. The van der Waals surface area contributed by atoms with E-state index in [1.54, 1.807) is 20.8 Å². The lowest BCUT2D eigenvalue weighted by molar-refractivity contribution is -0.162. The molecule has 2 amide bonds. The normalized spacial score (nSPS) is 20.1. The highest BCUT2D eigenvalue weighted by atomic mass is 16.6. The molecule has 1 saturated heterocycles. The van der Waals surface area contributed by atoms with Crippen molar-refractivity contribution in [2.45, 2.75) is 38.8 Å².